The Hall–Kier alpha value is -1.38. The zero-order valence-electron chi connectivity index (χ0n) is 11.5. The molecule has 1 fully saturated rings. The second-order valence-corrected chi connectivity index (χ2v) is 5.69. The molecule has 1 aliphatic heterocycles. The fraction of sp³-hybridized carbons (Fsp3) is 0.462. The first-order chi connectivity index (χ1) is 9.97. The van der Waals surface area contributed by atoms with Crippen LogP contribution in [0.2, 0.25) is 0 Å². The molecule has 2 atom stereocenters. The van der Waals surface area contributed by atoms with Crippen molar-refractivity contribution in [3.8, 4) is 0 Å². The monoisotopic (exact) mass is 361 g/mol. The molecule has 0 amide bonds. The van der Waals surface area contributed by atoms with Crippen LogP contribution in [-0.2, 0) is 4.74 Å². The number of ether oxygens (including phenoxy) is 1. The van der Waals surface area contributed by atoms with Crippen molar-refractivity contribution in [3.05, 3.63) is 28.0 Å². The first-order valence-electron chi connectivity index (χ1n) is 6.45. The maximum absolute atomic E-state index is 14.5. The average molecular weight is 362 g/mol. The van der Waals surface area contributed by atoms with E-state index in [0.29, 0.717) is 18.8 Å². The molecular weight excluding hydrogens is 345 g/mol. The number of hydrogen-bond donors (Lipinski definition) is 3. The lowest BCUT2D eigenvalue weighted by Gasteiger charge is -2.37. The summed E-state index contributed by atoms with van der Waals surface area (Å²) in [6, 6.07) is 3.14. The van der Waals surface area contributed by atoms with Crippen LogP contribution in [0.25, 0.3) is 0 Å². The van der Waals surface area contributed by atoms with E-state index in [1.807, 2.05) is 11.8 Å². The third kappa shape index (κ3) is 3.28. The van der Waals surface area contributed by atoms with Crippen LogP contribution in [0.5, 0.6) is 0 Å². The standard InChI is InChI=1S/C13H17BrFN3O3/c1-7-4-18(5-8(6-19)21-7)10-3-2-9(13(16)17-20)11(14)12(10)15/h2-3,7-8,19-20H,4-6H2,1H3,(H2,16,17). The number of morpholine rings is 1. The van der Waals surface area contributed by atoms with E-state index < -0.39 is 5.82 Å². The van der Waals surface area contributed by atoms with Gasteiger partial charge in [0.05, 0.1) is 29.0 Å². The van der Waals surface area contributed by atoms with Crippen LogP contribution < -0.4 is 10.6 Å². The summed E-state index contributed by atoms with van der Waals surface area (Å²) in [4.78, 5) is 1.81. The number of nitrogens with zero attached hydrogens (tertiary/aromatic N) is 2. The van der Waals surface area contributed by atoms with Crippen LogP contribution in [0.1, 0.15) is 12.5 Å². The smallest absolute Gasteiger partial charge is 0.171 e. The summed E-state index contributed by atoms with van der Waals surface area (Å²) in [6.45, 7) is 2.66. The molecule has 0 aliphatic carbocycles. The van der Waals surface area contributed by atoms with Crippen molar-refractivity contribution in [1.29, 1.82) is 0 Å². The minimum absolute atomic E-state index is 0.113. The van der Waals surface area contributed by atoms with Gasteiger partial charge in [-0.3, -0.25) is 0 Å². The van der Waals surface area contributed by atoms with E-state index in [1.54, 1.807) is 12.1 Å². The van der Waals surface area contributed by atoms with Crippen molar-refractivity contribution in [3.63, 3.8) is 0 Å². The molecule has 1 heterocycles. The van der Waals surface area contributed by atoms with Crippen LogP contribution in [0, 0.1) is 5.82 Å². The molecule has 1 aromatic rings. The molecule has 1 aromatic carbocycles. The van der Waals surface area contributed by atoms with E-state index in [9.17, 15) is 9.50 Å². The van der Waals surface area contributed by atoms with Gasteiger partial charge in [0.15, 0.2) is 11.7 Å². The quantitative estimate of drug-likeness (QED) is 0.326. The molecule has 0 bridgehead atoms. The van der Waals surface area contributed by atoms with Gasteiger partial charge >= 0.3 is 0 Å². The molecule has 0 aromatic heterocycles. The van der Waals surface area contributed by atoms with Crippen LogP contribution in [0.15, 0.2) is 21.8 Å². The van der Waals surface area contributed by atoms with Crippen molar-refractivity contribution < 1.29 is 19.4 Å². The summed E-state index contributed by atoms with van der Waals surface area (Å²) in [5, 5.41) is 20.8. The number of oxime groups is 1. The highest BCUT2D eigenvalue weighted by Crippen LogP contribution is 2.31. The fourth-order valence-corrected chi connectivity index (χ4v) is 2.92. The summed E-state index contributed by atoms with van der Waals surface area (Å²) in [7, 11) is 0. The Morgan fingerprint density at radius 3 is 2.90 bits per heavy atom. The predicted octanol–water partition coefficient (Wildman–Crippen LogP) is 1.27. The average Bonchev–Trinajstić information content (AvgIpc) is 2.48. The van der Waals surface area contributed by atoms with Crippen molar-refractivity contribution in [2.75, 3.05) is 24.6 Å². The third-order valence-electron chi connectivity index (χ3n) is 3.32. The molecule has 0 spiro atoms. The van der Waals surface area contributed by atoms with E-state index in [2.05, 4.69) is 21.1 Å². The molecule has 21 heavy (non-hydrogen) atoms. The van der Waals surface area contributed by atoms with Crippen molar-refractivity contribution in [2.45, 2.75) is 19.1 Å². The van der Waals surface area contributed by atoms with Gasteiger partial charge in [-0.15, -0.1) is 0 Å². The highest BCUT2D eigenvalue weighted by Gasteiger charge is 2.27. The number of amidine groups is 1. The Kier molecular flexibility index (Phi) is 5.02. The maximum Gasteiger partial charge on any atom is 0.171 e. The van der Waals surface area contributed by atoms with Crippen LogP contribution >= 0.6 is 15.9 Å². The lowest BCUT2D eigenvalue weighted by molar-refractivity contribution is -0.0422. The number of hydrogen-bond acceptors (Lipinski definition) is 5. The van der Waals surface area contributed by atoms with Gasteiger partial charge in [0.2, 0.25) is 0 Å². The molecule has 116 valence electrons. The van der Waals surface area contributed by atoms with Gasteiger partial charge in [0.25, 0.3) is 0 Å². The van der Waals surface area contributed by atoms with Gasteiger partial charge < -0.3 is 25.7 Å². The molecule has 2 rings (SSSR count). The van der Waals surface area contributed by atoms with Gasteiger partial charge in [-0.1, -0.05) is 5.16 Å². The Morgan fingerprint density at radius 2 is 2.29 bits per heavy atom. The Balaban J connectivity index is 2.34. The fourth-order valence-electron chi connectivity index (χ4n) is 2.38. The maximum atomic E-state index is 14.5. The number of benzene rings is 1. The number of halogens is 2. The first-order valence-corrected chi connectivity index (χ1v) is 7.24. The largest absolute Gasteiger partial charge is 0.409 e. The Labute approximate surface area is 130 Å². The number of nitrogens with two attached hydrogens (primary N) is 1. The molecule has 2 unspecified atom stereocenters. The SMILES string of the molecule is CC1CN(c2ccc(/C(N)=N/O)c(Br)c2F)CC(CO)O1. The molecule has 1 aliphatic rings. The van der Waals surface area contributed by atoms with Crippen molar-refractivity contribution in [2.24, 2.45) is 10.9 Å². The van der Waals surface area contributed by atoms with Gasteiger partial charge in [-0.2, -0.15) is 0 Å². The van der Waals surface area contributed by atoms with E-state index >= 15 is 0 Å². The van der Waals surface area contributed by atoms with Crippen molar-refractivity contribution >= 4 is 27.5 Å². The Bertz CT molecular complexity index is 556. The molecular formula is C13H17BrFN3O3. The number of anilines is 1. The normalized spacial score (nSPS) is 23.4. The van der Waals surface area contributed by atoms with Gasteiger partial charge in [-0.05, 0) is 35.0 Å². The van der Waals surface area contributed by atoms with Gasteiger partial charge in [-0.25, -0.2) is 4.39 Å². The van der Waals surface area contributed by atoms with Crippen LogP contribution in [-0.4, -0.2) is 48.1 Å². The zero-order chi connectivity index (χ0) is 15.6. The Morgan fingerprint density at radius 1 is 1.57 bits per heavy atom. The summed E-state index contributed by atoms with van der Waals surface area (Å²) >= 11 is 3.13. The lowest BCUT2D eigenvalue weighted by Crippen LogP contribution is -2.48. The minimum Gasteiger partial charge on any atom is -0.409 e. The predicted molar refractivity (Wildman–Crippen MR) is 80.2 cm³/mol. The molecule has 6 nitrogen and oxygen atoms in total. The highest BCUT2D eigenvalue weighted by atomic mass is 79.9. The van der Waals surface area contributed by atoms with Crippen molar-refractivity contribution in [1.82, 2.24) is 0 Å². The number of aliphatic hydroxyl groups excluding tert-OH is 1. The van der Waals surface area contributed by atoms with Gasteiger partial charge in [0.1, 0.15) is 0 Å². The number of rotatable bonds is 3. The first kappa shape index (κ1) is 16.0. The zero-order valence-corrected chi connectivity index (χ0v) is 13.0. The second-order valence-electron chi connectivity index (χ2n) is 4.90. The number of aliphatic hydroxyl groups is 1. The molecule has 0 saturated carbocycles. The van der Waals surface area contributed by atoms with E-state index in [4.69, 9.17) is 15.7 Å². The van der Waals surface area contributed by atoms with Crippen LogP contribution in [0.3, 0.4) is 0 Å². The second kappa shape index (κ2) is 6.59. The summed E-state index contributed by atoms with van der Waals surface area (Å²) in [6.07, 6.45) is -0.464. The highest BCUT2D eigenvalue weighted by molar-refractivity contribution is 9.10. The molecule has 1 saturated heterocycles. The van der Waals surface area contributed by atoms with E-state index in [-0.39, 0.29) is 34.7 Å². The van der Waals surface area contributed by atoms with Crippen LogP contribution in [0.4, 0.5) is 10.1 Å². The molecule has 4 N–H and O–H groups in total. The summed E-state index contributed by atoms with van der Waals surface area (Å²) in [5.74, 6) is -0.666. The lowest BCUT2D eigenvalue weighted by atomic mass is 10.1. The van der Waals surface area contributed by atoms with E-state index in [0.717, 1.165) is 0 Å². The topological polar surface area (TPSA) is 91.3 Å². The van der Waals surface area contributed by atoms with E-state index in [1.165, 1.54) is 0 Å². The minimum atomic E-state index is -0.495. The third-order valence-corrected chi connectivity index (χ3v) is 4.09. The molecule has 8 heteroatoms. The molecule has 0 radical (unpaired) electrons. The summed E-state index contributed by atoms with van der Waals surface area (Å²) < 4.78 is 20.2. The summed E-state index contributed by atoms with van der Waals surface area (Å²) in [5.41, 5.74) is 6.15. The van der Waals surface area contributed by atoms with Gasteiger partial charge in [0, 0.05) is 18.7 Å².